The normalized spacial score (nSPS) is 11.5. The summed E-state index contributed by atoms with van der Waals surface area (Å²) < 4.78 is 7.96. The maximum Gasteiger partial charge on any atom is 0.144 e. The van der Waals surface area contributed by atoms with Gasteiger partial charge < -0.3 is 4.42 Å². The van der Waals surface area contributed by atoms with Crippen LogP contribution in [-0.2, 0) is 7.05 Å². The van der Waals surface area contributed by atoms with Crippen molar-refractivity contribution in [2.24, 2.45) is 7.05 Å². The summed E-state index contributed by atoms with van der Waals surface area (Å²) in [5.74, 6) is 0. The van der Waals surface area contributed by atoms with Crippen molar-refractivity contribution >= 4 is 21.9 Å². The van der Waals surface area contributed by atoms with E-state index in [0.29, 0.717) is 0 Å². The Hall–Kier alpha value is -2.55. The molecule has 0 radical (unpaired) electrons. The number of aryl methyl sites for hydroxylation is 2. The van der Waals surface area contributed by atoms with Gasteiger partial charge in [-0.05, 0) is 25.1 Å². The van der Waals surface area contributed by atoms with Gasteiger partial charge in [-0.2, -0.15) is 5.10 Å². The Morgan fingerprint density at radius 3 is 2.60 bits per heavy atom. The molecule has 0 saturated heterocycles. The highest BCUT2D eigenvalue weighted by Gasteiger charge is 2.14. The third kappa shape index (κ3) is 1.50. The zero-order valence-corrected chi connectivity index (χ0v) is 11.4. The van der Waals surface area contributed by atoms with Crippen LogP contribution in [0.15, 0.2) is 52.9 Å². The van der Waals surface area contributed by atoms with Crippen LogP contribution in [0.1, 0.15) is 5.69 Å². The number of furan rings is 1. The van der Waals surface area contributed by atoms with Gasteiger partial charge in [0.2, 0.25) is 0 Å². The molecule has 0 atom stereocenters. The number of rotatable bonds is 1. The molecular formula is C17H14N2O. The molecule has 0 amide bonds. The maximum absolute atomic E-state index is 6.06. The van der Waals surface area contributed by atoms with E-state index < -0.39 is 0 Å². The smallest absolute Gasteiger partial charge is 0.144 e. The predicted octanol–water partition coefficient (Wildman–Crippen LogP) is 4.29. The molecule has 2 aromatic carbocycles. The van der Waals surface area contributed by atoms with Gasteiger partial charge >= 0.3 is 0 Å². The van der Waals surface area contributed by atoms with Crippen molar-refractivity contribution in [1.82, 2.24) is 9.78 Å². The first kappa shape index (κ1) is 11.3. The molecule has 0 spiro atoms. The third-order valence-corrected chi connectivity index (χ3v) is 3.68. The minimum atomic E-state index is 0.925. The van der Waals surface area contributed by atoms with E-state index in [1.54, 1.807) is 0 Å². The molecule has 0 saturated carbocycles. The average molecular weight is 262 g/mol. The van der Waals surface area contributed by atoms with Crippen LogP contribution in [0.2, 0.25) is 0 Å². The first-order chi connectivity index (χ1) is 9.74. The highest BCUT2D eigenvalue weighted by Crippen LogP contribution is 2.35. The van der Waals surface area contributed by atoms with Gasteiger partial charge in [0.1, 0.15) is 11.2 Å². The van der Waals surface area contributed by atoms with Gasteiger partial charge in [-0.3, -0.25) is 4.68 Å². The number of nitrogens with zero attached hydrogens (tertiary/aromatic N) is 2. The van der Waals surface area contributed by atoms with Crippen molar-refractivity contribution in [2.45, 2.75) is 6.92 Å². The quantitative estimate of drug-likeness (QED) is 0.512. The Morgan fingerprint density at radius 2 is 1.80 bits per heavy atom. The molecular weight excluding hydrogens is 248 g/mol. The summed E-state index contributed by atoms with van der Waals surface area (Å²) in [6.07, 6.45) is 0. The van der Waals surface area contributed by atoms with E-state index in [0.717, 1.165) is 38.9 Å². The third-order valence-electron chi connectivity index (χ3n) is 3.68. The van der Waals surface area contributed by atoms with Crippen LogP contribution in [0.5, 0.6) is 0 Å². The molecule has 0 N–H and O–H groups in total. The number of hydrogen-bond donors (Lipinski definition) is 0. The van der Waals surface area contributed by atoms with Crippen molar-refractivity contribution in [3.8, 4) is 11.3 Å². The molecule has 3 nitrogen and oxygen atoms in total. The van der Waals surface area contributed by atoms with Crippen LogP contribution in [0.3, 0.4) is 0 Å². The van der Waals surface area contributed by atoms with E-state index in [-0.39, 0.29) is 0 Å². The van der Waals surface area contributed by atoms with Crippen molar-refractivity contribution in [1.29, 1.82) is 0 Å². The molecule has 0 unspecified atom stereocenters. The summed E-state index contributed by atoms with van der Waals surface area (Å²) in [4.78, 5) is 0. The van der Waals surface area contributed by atoms with E-state index in [4.69, 9.17) is 4.42 Å². The lowest BCUT2D eigenvalue weighted by molar-refractivity contribution is 0.668. The molecule has 2 aromatic heterocycles. The molecule has 3 heteroatoms. The summed E-state index contributed by atoms with van der Waals surface area (Å²) in [6.45, 7) is 2.00. The Balaban J connectivity index is 2.12. The van der Waals surface area contributed by atoms with E-state index in [9.17, 15) is 0 Å². The lowest BCUT2D eigenvalue weighted by Gasteiger charge is -2.02. The van der Waals surface area contributed by atoms with E-state index in [2.05, 4.69) is 35.4 Å². The molecule has 2 heterocycles. The second kappa shape index (κ2) is 3.97. The van der Waals surface area contributed by atoms with Gasteiger partial charge in [-0.15, -0.1) is 0 Å². The van der Waals surface area contributed by atoms with Gasteiger partial charge in [-0.25, -0.2) is 0 Å². The van der Waals surface area contributed by atoms with Gasteiger partial charge in [-0.1, -0.05) is 30.3 Å². The first-order valence-electron chi connectivity index (χ1n) is 6.65. The number of aromatic nitrogens is 2. The standard InChI is InChI=1S/C17H14N2O/c1-11-10-15(19(2)18-11)14-8-5-7-13-12-6-3-4-9-16(12)20-17(13)14/h3-10H,1-2H3. The Kier molecular flexibility index (Phi) is 2.24. The van der Waals surface area contributed by atoms with E-state index in [1.165, 1.54) is 0 Å². The lowest BCUT2D eigenvalue weighted by Crippen LogP contribution is -1.93. The van der Waals surface area contributed by atoms with Gasteiger partial charge in [0.05, 0.1) is 11.4 Å². The van der Waals surface area contributed by atoms with Crippen LogP contribution >= 0.6 is 0 Å². The summed E-state index contributed by atoms with van der Waals surface area (Å²) >= 11 is 0. The zero-order chi connectivity index (χ0) is 13.7. The summed E-state index contributed by atoms with van der Waals surface area (Å²) in [6, 6.07) is 16.5. The van der Waals surface area contributed by atoms with Gasteiger partial charge in [0.25, 0.3) is 0 Å². The Bertz CT molecular complexity index is 931. The highest BCUT2D eigenvalue weighted by atomic mass is 16.3. The monoisotopic (exact) mass is 262 g/mol. The molecule has 0 aliphatic carbocycles. The SMILES string of the molecule is Cc1cc(-c2cccc3c2oc2ccccc23)n(C)n1. The summed E-state index contributed by atoms with van der Waals surface area (Å²) in [7, 11) is 1.96. The number of hydrogen-bond acceptors (Lipinski definition) is 2. The Labute approximate surface area is 116 Å². The van der Waals surface area contributed by atoms with Crippen LogP contribution < -0.4 is 0 Å². The van der Waals surface area contributed by atoms with Gasteiger partial charge in [0.15, 0.2) is 0 Å². The van der Waals surface area contributed by atoms with Crippen molar-refractivity contribution in [2.75, 3.05) is 0 Å². The molecule has 4 aromatic rings. The van der Waals surface area contributed by atoms with Crippen molar-refractivity contribution in [3.05, 3.63) is 54.2 Å². The molecule has 4 rings (SSSR count). The molecule has 0 bridgehead atoms. The highest BCUT2D eigenvalue weighted by molar-refractivity contribution is 6.09. The second-order valence-corrected chi connectivity index (χ2v) is 5.08. The van der Waals surface area contributed by atoms with E-state index >= 15 is 0 Å². The minimum Gasteiger partial charge on any atom is -0.455 e. The molecule has 0 fully saturated rings. The summed E-state index contributed by atoms with van der Waals surface area (Å²) in [5.41, 5.74) is 5.02. The fraction of sp³-hybridized carbons (Fsp3) is 0.118. The number of fused-ring (bicyclic) bond motifs is 3. The van der Waals surface area contributed by atoms with Crippen LogP contribution in [-0.4, -0.2) is 9.78 Å². The predicted molar refractivity (Wildman–Crippen MR) is 80.7 cm³/mol. The minimum absolute atomic E-state index is 0.925. The molecule has 98 valence electrons. The van der Waals surface area contributed by atoms with Crippen LogP contribution in [0.25, 0.3) is 33.2 Å². The number of benzene rings is 2. The lowest BCUT2D eigenvalue weighted by atomic mass is 10.1. The largest absolute Gasteiger partial charge is 0.455 e. The first-order valence-corrected chi connectivity index (χ1v) is 6.65. The van der Waals surface area contributed by atoms with Crippen LogP contribution in [0, 0.1) is 6.92 Å². The van der Waals surface area contributed by atoms with Crippen molar-refractivity contribution < 1.29 is 4.42 Å². The average Bonchev–Trinajstić information content (AvgIpc) is 2.98. The van der Waals surface area contributed by atoms with Crippen LogP contribution in [0.4, 0.5) is 0 Å². The molecule has 0 aliphatic heterocycles. The number of para-hydroxylation sites is 2. The fourth-order valence-corrected chi connectivity index (χ4v) is 2.81. The van der Waals surface area contributed by atoms with Gasteiger partial charge in [0, 0.05) is 23.4 Å². The topological polar surface area (TPSA) is 31.0 Å². The molecule has 0 aliphatic rings. The van der Waals surface area contributed by atoms with Crippen molar-refractivity contribution in [3.63, 3.8) is 0 Å². The van der Waals surface area contributed by atoms with E-state index in [1.807, 2.05) is 36.9 Å². The maximum atomic E-state index is 6.06. The molecule has 20 heavy (non-hydrogen) atoms. The fourth-order valence-electron chi connectivity index (χ4n) is 2.81. The summed E-state index contributed by atoms with van der Waals surface area (Å²) in [5, 5.41) is 6.73. The Morgan fingerprint density at radius 1 is 1.00 bits per heavy atom. The second-order valence-electron chi connectivity index (χ2n) is 5.08. The zero-order valence-electron chi connectivity index (χ0n) is 11.4.